The molecule has 0 aliphatic rings. The van der Waals surface area contributed by atoms with E-state index >= 15 is 0 Å². The van der Waals surface area contributed by atoms with Gasteiger partial charge in [0.25, 0.3) is 0 Å². The van der Waals surface area contributed by atoms with E-state index in [1.165, 1.54) is 13.0 Å². The smallest absolute Gasteiger partial charge is 0.167 e. The summed E-state index contributed by atoms with van der Waals surface area (Å²) < 4.78 is 42.5. The predicted octanol–water partition coefficient (Wildman–Crippen LogP) is 4.00. The molecular formula is C12H14BrF2NOS. The van der Waals surface area contributed by atoms with E-state index in [0.717, 1.165) is 6.07 Å². The van der Waals surface area contributed by atoms with Gasteiger partial charge in [-0.15, -0.1) is 0 Å². The van der Waals surface area contributed by atoms with Crippen LogP contribution in [0.25, 0.3) is 0 Å². The van der Waals surface area contributed by atoms with Crippen LogP contribution in [0.4, 0.5) is 8.78 Å². The Balaban J connectivity index is 3.23. The lowest BCUT2D eigenvalue weighted by Gasteiger charge is -2.14. The van der Waals surface area contributed by atoms with Gasteiger partial charge in [-0.05, 0) is 39.8 Å². The van der Waals surface area contributed by atoms with Crippen molar-refractivity contribution in [1.82, 2.24) is 0 Å². The van der Waals surface area contributed by atoms with Gasteiger partial charge in [0.1, 0.15) is 11.0 Å². The molecule has 1 rings (SSSR count). The van der Waals surface area contributed by atoms with Crippen LogP contribution in [0.15, 0.2) is 21.0 Å². The van der Waals surface area contributed by atoms with Crippen LogP contribution < -0.4 is 0 Å². The molecule has 0 amide bonds. The van der Waals surface area contributed by atoms with Gasteiger partial charge >= 0.3 is 0 Å². The fraction of sp³-hybridized carbons (Fsp3) is 0.417. The average Bonchev–Trinajstić information content (AvgIpc) is 2.21. The molecule has 0 aliphatic heterocycles. The van der Waals surface area contributed by atoms with Gasteiger partial charge in [0.15, 0.2) is 11.6 Å². The van der Waals surface area contributed by atoms with E-state index in [4.69, 9.17) is 0 Å². The summed E-state index contributed by atoms with van der Waals surface area (Å²) in [4.78, 5) is 0. The molecule has 0 saturated heterocycles. The summed E-state index contributed by atoms with van der Waals surface area (Å²) in [5, 5.41) is 0. The number of benzene rings is 1. The largest absolute Gasteiger partial charge is 0.234 e. The van der Waals surface area contributed by atoms with Gasteiger partial charge in [-0.2, -0.15) is 4.40 Å². The average molecular weight is 338 g/mol. The molecule has 0 fully saturated rings. The molecule has 1 aromatic carbocycles. The Bertz CT molecular complexity index is 524. The summed E-state index contributed by atoms with van der Waals surface area (Å²) in [7, 11) is -1.51. The van der Waals surface area contributed by atoms with Crippen molar-refractivity contribution in [3.05, 3.63) is 33.8 Å². The van der Waals surface area contributed by atoms with E-state index < -0.39 is 27.4 Å². The third-order valence-corrected chi connectivity index (χ3v) is 4.07. The van der Waals surface area contributed by atoms with Gasteiger partial charge < -0.3 is 0 Å². The first-order chi connectivity index (χ1) is 8.12. The van der Waals surface area contributed by atoms with Gasteiger partial charge in [-0.1, -0.05) is 15.9 Å². The molecule has 1 atom stereocenters. The number of hydrogen-bond donors (Lipinski definition) is 0. The number of hydrogen-bond acceptors (Lipinski definition) is 1. The minimum atomic E-state index is -1.51. The zero-order valence-corrected chi connectivity index (χ0v) is 13.0. The van der Waals surface area contributed by atoms with Crippen LogP contribution in [-0.2, 0) is 11.0 Å². The quantitative estimate of drug-likeness (QED) is 0.592. The molecular weight excluding hydrogens is 324 g/mol. The third kappa shape index (κ3) is 3.68. The van der Waals surface area contributed by atoms with Gasteiger partial charge in [0, 0.05) is 10.0 Å². The second kappa shape index (κ2) is 5.57. The molecule has 18 heavy (non-hydrogen) atoms. The Morgan fingerprint density at radius 3 is 2.39 bits per heavy atom. The molecule has 0 radical (unpaired) electrons. The first kappa shape index (κ1) is 15.4. The minimum absolute atomic E-state index is 0.0134. The molecule has 0 N–H and O–H groups in total. The van der Waals surface area contributed by atoms with E-state index in [2.05, 4.69) is 20.3 Å². The van der Waals surface area contributed by atoms with Gasteiger partial charge in [-0.25, -0.2) is 13.0 Å². The molecule has 0 aliphatic carbocycles. The van der Waals surface area contributed by atoms with Gasteiger partial charge in [-0.3, -0.25) is 0 Å². The molecule has 1 aromatic rings. The second-order valence-corrected chi connectivity index (χ2v) is 7.61. The zero-order chi connectivity index (χ0) is 14.1. The summed E-state index contributed by atoms with van der Waals surface area (Å²) in [6, 6.07) is 2.45. The van der Waals surface area contributed by atoms with E-state index in [9.17, 15) is 13.0 Å². The lowest BCUT2D eigenvalue weighted by Crippen LogP contribution is -2.21. The molecule has 0 spiro atoms. The first-order valence-electron chi connectivity index (χ1n) is 5.25. The second-order valence-electron chi connectivity index (χ2n) is 4.79. The van der Waals surface area contributed by atoms with Gasteiger partial charge in [0.2, 0.25) is 0 Å². The van der Waals surface area contributed by atoms with Crippen molar-refractivity contribution in [3.63, 3.8) is 0 Å². The molecule has 6 heteroatoms. The molecule has 0 heterocycles. The molecule has 0 bridgehead atoms. The van der Waals surface area contributed by atoms with Crippen LogP contribution in [0.2, 0.25) is 0 Å². The Hall–Kier alpha value is -0.620. The summed E-state index contributed by atoms with van der Waals surface area (Å²) >= 11 is 3.08. The summed E-state index contributed by atoms with van der Waals surface area (Å²) in [6.45, 7) is 6.79. The van der Waals surface area contributed by atoms with Crippen molar-refractivity contribution >= 4 is 32.6 Å². The molecule has 0 saturated carbocycles. The fourth-order valence-corrected chi connectivity index (χ4v) is 2.18. The normalized spacial score (nSPS) is 14.7. The first-order valence-corrected chi connectivity index (χ1v) is 7.15. The molecule has 100 valence electrons. The van der Waals surface area contributed by atoms with Crippen LogP contribution in [0.3, 0.4) is 0 Å². The molecule has 0 aromatic heterocycles. The van der Waals surface area contributed by atoms with Crippen LogP contribution in [0, 0.1) is 11.6 Å². The molecule has 2 nitrogen and oxygen atoms in total. The van der Waals surface area contributed by atoms with Crippen molar-refractivity contribution in [3.8, 4) is 0 Å². The fourth-order valence-electron chi connectivity index (χ4n) is 1.13. The van der Waals surface area contributed by atoms with Crippen molar-refractivity contribution in [2.45, 2.75) is 32.4 Å². The lowest BCUT2D eigenvalue weighted by atomic mass is 10.1. The maximum absolute atomic E-state index is 13.6. The van der Waals surface area contributed by atoms with Gasteiger partial charge in [0.05, 0.1) is 10.5 Å². The van der Waals surface area contributed by atoms with Crippen LogP contribution in [0.5, 0.6) is 0 Å². The highest BCUT2D eigenvalue weighted by atomic mass is 79.9. The highest BCUT2D eigenvalue weighted by Gasteiger charge is 2.20. The summed E-state index contributed by atoms with van der Waals surface area (Å²) in [5.41, 5.74) is 0.223. The highest BCUT2D eigenvalue weighted by molar-refractivity contribution is 9.10. The van der Waals surface area contributed by atoms with Crippen molar-refractivity contribution in [2.24, 2.45) is 4.40 Å². The summed E-state index contributed by atoms with van der Waals surface area (Å²) in [6.07, 6.45) is 0. The number of nitrogens with zero attached hydrogens (tertiary/aromatic N) is 1. The Kier molecular flexibility index (Phi) is 4.78. The minimum Gasteiger partial charge on any atom is -0.234 e. The third-order valence-electron chi connectivity index (χ3n) is 2.13. The van der Waals surface area contributed by atoms with E-state index in [1.807, 2.05) is 0 Å². The van der Waals surface area contributed by atoms with Crippen molar-refractivity contribution in [1.29, 1.82) is 0 Å². The van der Waals surface area contributed by atoms with Crippen LogP contribution in [0.1, 0.15) is 33.3 Å². The lowest BCUT2D eigenvalue weighted by molar-refractivity contribution is 0.506. The topological polar surface area (TPSA) is 29.4 Å². The number of halogens is 3. The van der Waals surface area contributed by atoms with E-state index in [-0.39, 0.29) is 11.3 Å². The maximum atomic E-state index is 13.6. The Labute approximate surface area is 116 Å². The molecule has 0 unspecified atom stereocenters. The SMILES string of the molecule is CC(=N[S@](=O)C(C)(C)C)c1cc(Br)cc(F)c1F. The van der Waals surface area contributed by atoms with Crippen LogP contribution in [-0.4, -0.2) is 14.7 Å². The number of rotatable bonds is 2. The van der Waals surface area contributed by atoms with Crippen molar-refractivity contribution in [2.75, 3.05) is 0 Å². The van der Waals surface area contributed by atoms with E-state index in [1.54, 1.807) is 20.8 Å². The monoisotopic (exact) mass is 337 g/mol. The standard InChI is InChI=1S/C12H14BrF2NOS/c1-7(16-18(17)12(2,3)4)9-5-8(13)6-10(14)11(9)15/h5-6H,1-4H3/t18-/m1/s1. The van der Waals surface area contributed by atoms with Crippen molar-refractivity contribution < 1.29 is 13.0 Å². The highest BCUT2D eigenvalue weighted by Crippen LogP contribution is 2.21. The zero-order valence-electron chi connectivity index (χ0n) is 10.6. The maximum Gasteiger partial charge on any atom is 0.167 e. The summed E-state index contributed by atoms with van der Waals surface area (Å²) in [5.74, 6) is -1.94. The Morgan fingerprint density at radius 2 is 1.89 bits per heavy atom. The van der Waals surface area contributed by atoms with E-state index in [0.29, 0.717) is 4.47 Å². The predicted molar refractivity (Wildman–Crippen MR) is 74.2 cm³/mol. The van der Waals surface area contributed by atoms with Crippen LogP contribution >= 0.6 is 15.9 Å². The Morgan fingerprint density at radius 1 is 1.33 bits per heavy atom.